The second-order valence-electron chi connectivity index (χ2n) is 7.94. The molecule has 2 amide bonds. The van der Waals surface area contributed by atoms with Gasteiger partial charge in [-0.05, 0) is 43.4 Å². The van der Waals surface area contributed by atoms with Crippen LogP contribution in [-0.2, 0) is 35.2 Å². The van der Waals surface area contributed by atoms with Crippen molar-refractivity contribution in [3.05, 3.63) is 35.6 Å². The minimum atomic E-state index is -2.70. The lowest BCUT2D eigenvalue weighted by atomic mass is 9.74. The van der Waals surface area contributed by atoms with Crippen LogP contribution in [0.4, 0.5) is 4.39 Å². The monoisotopic (exact) mass is 440 g/mol. The number of rotatable bonds is 5. The molecule has 1 unspecified atom stereocenters. The van der Waals surface area contributed by atoms with Crippen LogP contribution in [-0.4, -0.2) is 72.4 Å². The second-order valence-corrected chi connectivity index (χ2v) is 10.5. The summed E-state index contributed by atoms with van der Waals surface area (Å²) in [6.07, 6.45) is 2.08. The molecule has 0 aromatic heterocycles. The molecule has 30 heavy (non-hydrogen) atoms. The second kappa shape index (κ2) is 9.98. The predicted molar refractivity (Wildman–Crippen MR) is 111 cm³/mol. The number of carbonyl (C=O) groups excluding carboxylic acids is 2. The largest absolute Gasteiger partial charge is 0.381 e. The van der Waals surface area contributed by atoms with Gasteiger partial charge in [0.1, 0.15) is 12.4 Å². The molecular weight excluding hydrogens is 411 g/mol. The van der Waals surface area contributed by atoms with Crippen LogP contribution in [0.25, 0.3) is 0 Å². The van der Waals surface area contributed by atoms with Crippen LogP contribution in [0.15, 0.2) is 28.6 Å². The molecule has 0 aliphatic carbocycles. The molecule has 0 saturated carbocycles. The third-order valence-corrected chi connectivity index (χ3v) is 8.01. The number of ether oxygens (including phenoxy) is 2. The minimum absolute atomic E-state index is 0.0121. The van der Waals surface area contributed by atoms with Gasteiger partial charge in [-0.3, -0.25) is 9.59 Å². The topological polar surface area (TPSA) is 85.3 Å². The molecule has 0 N–H and O–H groups in total. The van der Waals surface area contributed by atoms with E-state index in [0.29, 0.717) is 45.4 Å². The summed E-state index contributed by atoms with van der Waals surface area (Å²) in [7, 11) is -1.31. The number of amides is 2. The summed E-state index contributed by atoms with van der Waals surface area (Å²) in [6, 6.07) is 6.35. The Morgan fingerprint density at radius 3 is 2.73 bits per heavy atom. The highest BCUT2D eigenvalue weighted by Gasteiger charge is 2.43. The Bertz CT molecular complexity index is 891. The molecule has 0 bridgehead atoms. The third kappa shape index (κ3) is 5.65. The van der Waals surface area contributed by atoms with Gasteiger partial charge in [0.15, 0.2) is 0 Å². The van der Waals surface area contributed by atoms with Crippen molar-refractivity contribution in [1.82, 2.24) is 4.90 Å². The Kier molecular flexibility index (Phi) is 7.60. The van der Waals surface area contributed by atoms with Gasteiger partial charge in [-0.15, -0.1) is 0 Å². The third-order valence-electron chi connectivity index (χ3n) is 5.73. The van der Waals surface area contributed by atoms with E-state index < -0.39 is 21.1 Å². The van der Waals surface area contributed by atoms with Crippen LogP contribution < -0.4 is 0 Å². The van der Waals surface area contributed by atoms with E-state index in [1.807, 2.05) is 6.07 Å². The van der Waals surface area contributed by atoms with E-state index >= 15 is 0 Å². The molecule has 1 aromatic rings. The fourth-order valence-corrected chi connectivity index (χ4v) is 6.08. The van der Waals surface area contributed by atoms with Gasteiger partial charge in [0.05, 0.1) is 15.1 Å². The first kappa shape index (κ1) is 22.8. The fraction of sp³-hybridized carbons (Fsp3) is 0.619. The molecular formula is C21H29FN2O5S. The molecule has 7 nitrogen and oxygen atoms in total. The summed E-state index contributed by atoms with van der Waals surface area (Å²) < 4.78 is 40.9. The highest BCUT2D eigenvalue weighted by Crippen LogP contribution is 2.37. The molecule has 1 aromatic carbocycles. The van der Waals surface area contributed by atoms with Crippen LogP contribution in [0.3, 0.4) is 0 Å². The van der Waals surface area contributed by atoms with Crippen LogP contribution in [0.1, 0.15) is 24.8 Å². The van der Waals surface area contributed by atoms with E-state index in [2.05, 4.69) is 4.36 Å². The summed E-state index contributed by atoms with van der Waals surface area (Å²) in [4.78, 5) is 27.1. The maximum absolute atomic E-state index is 13.7. The van der Waals surface area contributed by atoms with E-state index in [0.717, 1.165) is 5.56 Å². The first-order valence-corrected chi connectivity index (χ1v) is 12.1. The summed E-state index contributed by atoms with van der Waals surface area (Å²) in [5, 5.41) is 0. The minimum Gasteiger partial charge on any atom is -0.381 e. The smallest absolute Gasteiger partial charge is 0.279 e. The van der Waals surface area contributed by atoms with Gasteiger partial charge in [0.25, 0.3) is 5.91 Å². The highest BCUT2D eigenvalue weighted by atomic mass is 32.2. The van der Waals surface area contributed by atoms with E-state index in [4.69, 9.17) is 9.47 Å². The summed E-state index contributed by atoms with van der Waals surface area (Å²) in [6.45, 7) is 1.51. The molecule has 2 heterocycles. The summed E-state index contributed by atoms with van der Waals surface area (Å²) in [5.41, 5.74) is 0.115. The van der Waals surface area contributed by atoms with Gasteiger partial charge in [0, 0.05) is 44.9 Å². The highest BCUT2D eigenvalue weighted by molar-refractivity contribution is 7.93. The van der Waals surface area contributed by atoms with Gasteiger partial charge in [-0.1, -0.05) is 12.1 Å². The molecule has 0 radical (unpaired) electrons. The van der Waals surface area contributed by atoms with Gasteiger partial charge in [0.2, 0.25) is 5.91 Å². The van der Waals surface area contributed by atoms with Gasteiger partial charge in [-0.25, -0.2) is 8.60 Å². The average Bonchev–Trinajstić information content (AvgIpc) is 2.90. The molecule has 3 rings (SSSR count). The number of halogens is 1. The van der Waals surface area contributed by atoms with Crippen LogP contribution in [0.5, 0.6) is 0 Å². The fourth-order valence-electron chi connectivity index (χ4n) is 4.18. The molecule has 9 heteroatoms. The SMILES string of the molecule is COCC(=O)N=S1(=O)CCCN(C(=O)C2(Cc3cccc(F)c3)CCOCC2)CC1. The van der Waals surface area contributed by atoms with Gasteiger partial charge in [-0.2, -0.15) is 4.36 Å². The zero-order chi connectivity index (χ0) is 21.6. The number of benzene rings is 1. The predicted octanol–water partition coefficient (Wildman–Crippen LogP) is 2.04. The molecule has 2 saturated heterocycles. The van der Waals surface area contributed by atoms with Crippen molar-refractivity contribution in [1.29, 1.82) is 0 Å². The van der Waals surface area contributed by atoms with Crippen molar-refractivity contribution >= 4 is 21.5 Å². The lowest BCUT2D eigenvalue weighted by Crippen LogP contribution is -2.49. The molecule has 2 fully saturated rings. The zero-order valence-electron chi connectivity index (χ0n) is 17.3. The summed E-state index contributed by atoms with van der Waals surface area (Å²) in [5.74, 6) is -0.414. The van der Waals surface area contributed by atoms with E-state index in [1.165, 1.54) is 19.2 Å². The number of methoxy groups -OCH3 is 1. The van der Waals surface area contributed by atoms with Crippen LogP contribution in [0, 0.1) is 11.2 Å². The number of carbonyl (C=O) groups is 2. The van der Waals surface area contributed by atoms with Crippen molar-refractivity contribution in [2.24, 2.45) is 9.78 Å². The van der Waals surface area contributed by atoms with Crippen molar-refractivity contribution in [3.8, 4) is 0 Å². The van der Waals surface area contributed by atoms with Crippen LogP contribution in [0.2, 0.25) is 0 Å². The van der Waals surface area contributed by atoms with Crippen molar-refractivity contribution in [2.45, 2.75) is 25.7 Å². The Morgan fingerprint density at radius 1 is 1.27 bits per heavy atom. The van der Waals surface area contributed by atoms with Gasteiger partial charge < -0.3 is 14.4 Å². The molecule has 166 valence electrons. The van der Waals surface area contributed by atoms with E-state index in [-0.39, 0.29) is 36.4 Å². The van der Waals surface area contributed by atoms with E-state index in [9.17, 15) is 18.2 Å². The van der Waals surface area contributed by atoms with Crippen molar-refractivity contribution in [2.75, 3.05) is 51.5 Å². The quantitative estimate of drug-likeness (QED) is 0.700. The Balaban J connectivity index is 1.78. The van der Waals surface area contributed by atoms with Crippen molar-refractivity contribution < 1.29 is 27.7 Å². The number of hydrogen-bond acceptors (Lipinski definition) is 5. The Morgan fingerprint density at radius 2 is 2.03 bits per heavy atom. The van der Waals surface area contributed by atoms with Crippen molar-refractivity contribution in [3.63, 3.8) is 0 Å². The molecule has 1 atom stereocenters. The van der Waals surface area contributed by atoms with Crippen LogP contribution >= 0.6 is 0 Å². The Hall–Kier alpha value is -1.84. The molecule has 2 aliphatic rings. The first-order chi connectivity index (χ1) is 14.4. The first-order valence-electron chi connectivity index (χ1n) is 10.2. The lowest BCUT2D eigenvalue weighted by molar-refractivity contribution is -0.147. The van der Waals surface area contributed by atoms with E-state index in [1.54, 1.807) is 11.0 Å². The summed E-state index contributed by atoms with van der Waals surface area (Å²) >= 11 is 0. The maximum Gasteiger partial charge on any atom is 0.279 e. The van der Waals surface area contributed by atoms with Gasteiger partial charge >= 0.3 is 0 Å². The number of hydrogen-bond donors (Lipinski definition) is 0. The number of nitrogens with zero attached hydrogens (tertiary/aromatic N) is 2. The zero-order valence-corrected chi connectivity index (χ0v) is 18.1. The maximum atomic E-state index is 13.7. The standard InChI is InChI=1S/C21H29FN2O5S/c1-28-16-19(25)23-30(27)12-3-8-24(9-13-30)20(26)21(6-10-29-11-7-21)15-17-4-2-5-18(22)14-17/h2,4-5,14H,3,6-13,15-16H2,1H3. The molecule has 2 aliphatic heterocycles. The lowest BCUT2D eigenvalue weighted by Gasteiger charge is -2.39. The normalized spacial score (nSPS) is 24.1. The molecule has 0 spiro atoms. The average molecular weight is 441 g/mol. The Labute approximate surface area is 177 Å².